The molecule has 0 N–H and O–H groups in total. The molecule has 0 aliphatic rings. The molecule has 0 spiro atoms. The molecule has 0 bridgehead atoms. The van der Waals surface area contributed by atoms with Crippen LogP contribution in [0.5, 0.6) is 0 Å². The van der Waals surface area contributed by atoms with Gasteiger partial charge in [-0.05, 0) is 92.7 Å². The number of rotatable bonds is 7. The molecular formula is C52H35NS. The van der Waals surface area contributed by atoms with Crippen LogP contribution in [0.15, 0.2) is 212 Å². The summed E-state index contributed by atoms with van der Waals surface area (Å²) in [5.41, 5.74) is 12.9. The van der Waals surface area contributed by atoms with E-state index in [2.05, 4.69) is 217 Å². The van der Waals surface area contributed by atoms with Gasteiger partial charge in [-0.2, -0.15) is 0 Å². The third-order valence-electron chi connectivity index (χ3n) is 10.5. The zero-order valence-corrected chi connectivity index (χ0v) is 30.4. The molecule has 2 heteroatoms. The van der Waals surface area contributed by atoms with Crippen molar-refractivity contribution in [3.63, 3.8) is 0 Å². The number of nitrogens with zero attached hydrogens (tertiary/aromatic N) is 1. The Kier molecular flexibility index (Phi) is 8.09. The van der Waals surface area contributed by atoms with Gasteiger partial charge >= 0.3 is 0 Å². The molecule has 1 nitrogen and oxygen atoms in total. The lowest BCUT2D eigenvalue weighted by Gasteiger charge is -2.30. The monoisotopic (exact) mass is 705 g/mol. The molecule has 0 saturated carbocycles. The second-order valence-corrected chi connectivity index (χ2v) is 14.8. The number of thiophene rings is 1. The van der Waals surface area contributed by atoms with Crippen LogP contribution < -0.4 is 4.90 Å². The number of hydrogen-bond acceptors (Lipinski definition) is 2. The van der Waals surface area contributed by atoms with Gasteiger partial charge < -0.3 is 4.90 Å². The zero-order chi connectivity index (χ0) is 35.8. The fraction of sp³-hybridized carbons (Fsp3) is 0. The topological polar surface area (TPSA) is 3.24 Å². The lowest BCUT2D eigenvalue weighted by Crippen LogP contribution is -2.12. The Morgan fingerprint density at radius 1 is 0.296 bits per heavy atom. The first-order chi connectivity index (χ1) is 26.8. The van der Waals surface area contributed by atoms with E-state index in [-0.39, 0.29) is 0 Å². The van der Waals surface area contributed by atoms with E-state index >= 15 is 0 Å². The highest BCUT2D eigenvalue weighted by Gasteiger charge is 2.22. The van der Waals surface area contributed by atoms with Gasteiger partial charge in [-0.3, -0.25) is 0 Å². The zero-order valence-electron chi connectivity index (χ0n) is 29.6. The highest BCUT2D eigenvalue weighted by Crippen LogP contribution is 2.47. The number of fused-ring (bicyclic) bond motifs is 4. The molecular weight excluding hydrogens is 671 g/mol. The standard InChI is InChI=1S/C52H35NS/c1-2-14-36(15-3-1)38-28-31-42(32-29-38)53(49-23-11-8-19-44(49)41-30-33-52-48(35-41)47-22-10-13-25-51(47)54-52)50-24-12-9-21-46(50)45-20-7-6-18-43(45)40-27-26-37-16-4-5-17-39(37)34-40/h1-35H. The molecule has 0 atom stereocenters. The predicted molar refractivity (Wildman–Crippen MR) is 233 cm³/mol. The van der Waals surface area contributed by atoms with Gasteiger partial charge in [0.25, 0.3) is 0 Å². The summed E-state index contributed by atoms with van der Waals surface area (Å²) in [5, 5.41) is 5.09. The third-order valence-corrected chi connectivity index (χ3v) is 11.6. The molecule has 1 aromatic heterocycles. The first kappa shape index (κ1) is 32.0. The Bertz CT molecular complexity index is 2940. The van der Waals surface area contributed by atoms with Crippen LogP contribution in [0.1, 0.15) is 0 Å². The molecule has 9 aromatic carbocycles. The van der Waals surface area contributed by atoms with Crippen molar-refractivity contribution in [2.45, 2.75) is 0 Å². The van der Waals surface area contributed by atoms with Crippen LogP contribution in [0.4, 0.5) is 17.1 Å². The smallest absolute Gasteiger partial charge is 0.0540 e. The van der Waals surface area contributed by atoms with Gasteiger partial charge in [-0.25, -0.2) is 0 Å². The van der Waals surface area contributed by atoms with E-state index < -0.39 is 0 Å². The molecule has 54 heavy (non-hydrogen) atoms. The summed E-state index contributed by atoms with van der Waals surface area (Å²) in [5.74, 6) is 0. The van der Waals surface area contributed by atoms with Gasteiger partial charge in [0, 0.05) is 37.0 Å². The fourth-order valence-electron chi connectivity index (χ4n) is 7.87. The number of anilines is 3. The Hall–Kier alpha value is -6.74. The Labute approximate surface area is 319 Å². The minimum Gasteiger partial charge on any atom is -0.309 e. The van der Waals surface area contributed by atoms with Crippen molar-refractivity contribution in [3.8, 4) is 44.5 Å². The van der Waals surface area contributed by atoms with Crippen molar-refractivity contribution >= 4 is 59.3 Å². The van der Waals surface area contributed by atoms with Gasteiger partial charge in [0.1, 0.15) is 0 Å². The van der Waals surface area contributed by atoms with Crippen LogP contribution in [0, 0.1) is 0 Å². The van der Waals surface area contributed by atoms with E-state index in [0.717, 1.165) is 17.1 Å². The average molecular weight is 706 g/mol. The highest BCUT2D eigenvalue weighted by molar-refractivity contribution is 7.25. The normalized spacial score (nSPS) is 11.3. The van der Waals surface area contributed by atoms with E-state index in [4.69, 9.17) is 0 Å². The van der Waals surface area contributed by atoms with Gasteiger partial charge in [-0.1, -0.05) is 164 Å². The van der Waals surface area contributed by atoms with E-state index in [0.29, 0.717) is 0 Å². The second kappa shape index (κ2) is 13.7. The lowest BCUT2D eigenvalue weighted by molar-refractivity contribution is 1.28. The molecule has 254 valence electrons. The summed E-state index contributed by atoms with van der Waals surface area (Å²) >= 11 is 1.86. The maximum atomic E-state index is 2.45. The van der Waals surface area contributed by atoms with Gasteiger partial charge in [-0.15, -0.1) is 11.3 Å². The van der Waals surface area contributed by atoms with Crippen molar-refractivity contribution < 1.29 is 0 Å². The SMILES string of the molecule is c1ccc(-c2ccc(N(c3ccccc3-c3ccc4sc5ccccc5c4c3)c3ccccc3-c3ccccc3-c3ccc4ccccc4c3)cc2)cc1. The third kappa shape index (κ3) is 5.74. The first-order valence-corrected chi connectivity index (χ1v) is 19.2. The molecule has 0 amide bonds. The maximum Gasteiger partial charge on any atom is 0.0540 e. The van der Waals surface area contributed by atoms with E-state index in [1.54, 1.807) is 0 Å². The molecule has 0 aliphatic heterocycles. The fourth-order valence-corrected chi connectivity index (χ4v) is 8.96. The van der Waals surface area contributed by atoms with Crippen LogP contribution in [-0.4, -0.2) is 0 Å². The summed E-state index contributed by atoms with van der Waals surface area (Å²) in [6.45, 7) is 0. The summed E-state index contributed by atoms with van der Waals surface area (Å²) in [7, 11) is 0. The average Bonchev–Trinajstić information content (AvgIpc) is 3.63. The van der Waals surface area contributed by atoms with Crippen molar-refractivity contribution in [1.29, 1.82) is 0 Å². The number of benzene rings is 9. The highest BCUT2D eigenvalue weighted by atomic mass is 32.1. The van der Waals surface area contributed by atoms with E-state index in [9.17, 15) is 0 Å². The largest absolute Gasteiger partial charge is 0.309 e. The Morgan fingerprint density at radius 2 is 0.833 bits per heavy atom. The van der Waals surface area contributed by atoms with Crippen molar-refractivity contribution in [2.24, 2.45) is 0 Å². The summed E-state index contributed by atoms with van der Waals surface area (Å²) in [6, 6.07) is 77.3. The molecule has 0 fully saturated rings. The Morgan fingerprint density at radius 3 is 1.65 bits per heavy atom. The molecule has 0 saturated heterocycles. The maximum absolute atomic E-state index is 2.45. The predicted octanol–water partition coefficient (Wildman–Crippen LogP) is 15.3. The van der Waals surface area contributed by atoms with Crippen molar-refractivity contribution in [2.75, 3.05) is 4.90 Å². The first-order valence-electron chi connectivity index (χ1n) is 18.4. The summed E-state index contributed by atoms with van der Waals surface area (Å²) < 4.78 is 2.62. The molecule has 0 radical (unpaired) electrons. The van der Waals surface area contributed by atoms with Gasteiger partial charge in [0.15, 0.2) is 0 Å². The quantitative estimate of drug-likeness (QED) is 0.160. The molecule has 0 unspecified atom stereocenters. The summed E-state index contributed by atoms with van der Waals surface area (Å²) in [6.07, 6.45) is 0. The van der Waals surface area contributed by atoms with E-state index in [1.165, 1.54) is 75.5 Å². The van der Waals surface area contributed by atoms with E-state index in [1.807, 2.05) is 11.3 Å². The molecule has 1 heterocycles. The summed E-state index contributed by atoms with van der Waals surface area (Å²) in [4.78, 5) is 2.45. The molecule has 10 rings (SSSR count). The Balaban J connectivity index is 1.18. The number of para-hydroxylation sites is 2. The van der Waals surface area contributed by atoms with Crippen LogP contribution in [0.2, 0.25) is 0 Å². The van der Waals surface area contributed by atoms with Crippen LogP contribution in [0.25, 0.3) is 75.5 Å². The van der Waals surface area contributed by atoms with Gasteiger partial charge in [0.2, 0.25) is 0 Å². The minimum absolute atomic E-state index is 1.10. The van der Waals surface area contributed by atoms with Crippen molar-refractivity contribution in [3.05, 3.63) is 212 Å². The molecule has 10 aromatic rings. The number of hydrogen-bond donors (Lipinski definition) is 0. The minimum atomic E-state index is 1.10. The van der Waals surface area contributed by atoms with Gasteiger partial charge in [0.05, 0.1) is 11.4 Å². The van der Waals surface area contributed by atoms with Crippen molar-refractivity contribution in [1.82, 2.24) is 0 Å². The second-order valence-electron chi connectivity index (χ2n) is 13.7. The van der Waals surface area contributed by atoms with Crippen LogP contribution >= 0.6 is 11.3 Å². The lowest BCUT2D eigenvalue weighted by atomic mass is 9.91. The molecule has 0 aliphatic carbocycles. The van der Waals surface area contributed by atoms with Crippen LogP contribution in [0.3, 0.4) is 0 Å². The van der Waals surface area contributed by atoms with Crippen LogP contribution in [-0.2, 0) is 0 Å².